The van der Waals surface area contributed by atoms with Gasteiger partial charge in [0.15, 0.2) is 0 Å². The topological polar surface area (TPSA) is 75.7 Å². The first-order valence-corrected chi connectivity index (χ1v) is 5.22. The molecule has 0 amide bonds. The van der Waals surface area contributed by atoms with Gasteiger partial charge < -0.3 is 20.7 Å². The van der Waals surface area contributed by atoms with Crippen LogP contribution >= 0.6 is 0 Å². The zero-order valence-electron chi connectivity index (χ0n) is 9.89. The van der Waals surface area contributed by atoms with Crippen molar-refractivity contribution in [3.05, 3.63) is 36.1 Å². The summed E-state index contributed by atoms with van der Waals surface area (Å²) in [6, 6.07) is 0. The number of nitrogens with two attached hydrogens (primary N) is 1. The lowest BCUT2D eigenvalue weighted by molar-refractivity contribution is 0.183. The summed E-state index contributed by atoms with van der Waals surface area (Å²) in [5.74, 6) is 0.862. The van der Waals surface area contributed by atoms with Crippen molar-refractivity contribution >= 4 is 0 Å². The fraction of sp³-hybridized carbons (Fsp3) is 0.500. The number of ether oxygens (including phenoxy) is 1. The van der Waals surface area contributed by atoms with Crippen molar-refractivity contribution in [1.29, 1.82) is 0 Å². The summed E-state index contributed by atoms with van der Waals surface area (Å²) < 4.78 is 5.44. The van der Waals surface area contributed by atoms with E-state index in [1.807, 2.05) is 13.8 Å². The number of hydrogen-bond acceptors (Lipinski definition) is 4. The van der Waals surface area contributed by atoms with Crippen molar-refractivity contribution in [2.45, 2.75) is 20.1 Å². The highest BCUT2D eigenvalue weighted by Crippen LogP contribution is 2.09. The monoisotopic (exact) mass is 227 g/mol. The Bertz CT molecular complexity index is 267. The average molecular weight is 227 g/mol. The molecule has 0 fully saturated rings. The van der Waals surface area contributed by atoms with Crippen LogP contribution in [0.5, 0.6) is 0 Å². The van der Waals surface area contributed by atoms with Gasteiger partial charge in [0.1, 0.15) is 12.0 Å². The minimum Gasteiger partial charge on any atom is -0.494 e. The zero-order valence-corrected chi connectivity index (χ0v) is 9.89. The Morgan fingerprint density at radius 3 is 2.50 bits per heavy atom. The number of hydrogen-bond donors (Lipinski definition) is 3. The number of aliphatic hydroxyl groups excluding tert-OH is 2. The smallest absolute Gasteiger partial charge is 0.128 e. The standard InChI is InChI=1S/C12H21NO3/c1-4-10(12(13)15)7-11(5-6-14)16-8-9(2)3/h4-5,7,9,12,14-15H,1,6,8,13H2,2-3H3/b10-7+,11-5+. The summed E-state index contributed by atoms with van der Waals surface area (Å²) in [7, 11) is 0. The Kier molecular flexibility index (Phi) is 7.54. The van der Waals surface area contributed by atoms with Crippen LogP contribution in [0, 0.1) is 5.92 Å². The third-order valence-corrected chi connectivity index (χ3v) is 1.76. The van der Waals surface area contributed by atoms with Gasteiger partial charge in [-0.3, -0.25) is 0 Å². The van der Waals surface area contributed by atoms with Crippen LogP contribution in [0.3, 0.4) is 0 Å². The SMILES string of the molecule is C=C/C(=C\C(=C/CO)OCC(C)C)C(N)O. The Balaban J connectivity index is 4.66. The lowest BCUT2D eigenvalue weighted by atomic mass is 10.2. The molecule has 0 saturated heterocycles. The number of rotatable bonds is 7. The van der Waals surface area contributed by atoms with Crippen LogP contribution in [0.2, 0.25) is 0 Å². The summed E-state index contributed by atoms with van der Waals surface area (Å²) in [6.07, 6.45) is 3.43. The predicted octanol–water partition coefficient (Wildman–Crippen LogP) is 0.925. The first-order valence-electron chi connectivity index (χ1n) is 5.22. The Morgan fingerprint density at radius 1 is 1.50 bits per heavy atom. The highest BCUT2D eigenvalue weighted by atomic mass is 16.5. The van der Waals surface area contributed by atoms with Gasteiger partial charge in [-0.2, -0.15) is 0 Å². The molecule has 0 radical (unpaired) electrons. The quantitative estimate of drug-likeness (QED) is 0.343. The molecule has 1 atom stereocenters. The van der Waals surface area contributed by atoms with E-state index in [4.69, 9.17) is 15.6 Å². The molecule has 92 valence electrons. The molecule has 0 spiro atoms. The van der Waals surface area contributed by atoms with Crippen LogP contribution < -0.4 is 5.73 Å². The van der Waals surface area contributed by atoms with Crippen LogP contribution in [0.4, 0.5) is 0 Å². The molecule has 4 heteroatoms. The van der Waals surface area contributed by atoms with E-state index in [1.54, 1.807) is 6.08 Å². The van der Waals surface area contributed by atoms with Crippen molar-refractivity contribution in [2.75, 3.05) is 13.2 Å². The molecule has 0 aromatic carbocycles. The number of aliphatic hydroxyl groups is 2. The van der Waals surface area contributed by atoms with E-state index in [9.17, 15) is 5.11 Å². The van der Waals surface area contributed by atoms with Gasteiger partial charge in [0.25, 0.3) is 0 Å². The molecular weight excluding hydrogens is 206 g/mol. The van der Waals surface area contributed by atoms with E-state index in [0.29, 0.717) is 23.9 Å². The highest BCUT2D eigenvalue weighted by Gasteiger charge is 2.04. The van der Waals surface area contributed by atoms with E-state index in [0.717, 1.165) is 0 Å². The largest absolute Gasteiger partial charge is 0.494 e. The van der Waals surface area contributed by atoms with Crippen molar-refractivity contribution in [3.63, 3.8) is 0 Å². The fourth-order valence-corrected chi connectivity index (χ4v) is 0.942. The van der Waals surface area contributed by atoms with E-state index in [1.165, 1.54) is 12.2 Å². The molecule has 0 heterocycles. The summed E-state index contributed by atoms with van der Waals surface area (Å²) in [6.45, 7) is 7.98. The van der Waals surface area contributed by atoms with Crippen LogP contribution in [-0.4, -0.2) is 29.7 Å². The lowest BCUT2D eigenvalue weighted by Crippen LogP contribution is -2.20. The Hall–Kier alpha value is -1.10. The molecule has 0 rings (SSSR count). The van der Waals surface area contributed by atoms with Crippen LogP contribution in [0.25, 0.3) is 0 Å². The summed E-state index contributed by atoms with van der Waals surface area (Å²) >= 11 is 0. The van der Waals surface area contributed by atoms with Crippen molar-refractivity contribution in [1.82, 2.24) is 0 Å². The third-order valence-electron chi connectivity index (χ3n) is 1.76. The van der Waals surface area contributed by atoms with Gasteiger partial charge in [0.05, 0.1) is 13.2 Å². The Morgan fingerprint density at radius 2 is 2.12 bits per heavy atom. The van der Waals surface area contributed by atoms with Crippen molar-refractivity contribution in [2.24, 2.45) is 11.7 Å². The van der Waals surface area contributed by atoms with Crippen LogP contribution in [-0.2, 0) is 4.74 Å². The molecule has 0 aliphatic heterocycles. The van der Waals surface area contributed by atoms with E-state index >= 15 is 0 Å². The minimum absolute atomic E-state index is 0.130. The second-order valence-electron chi connectivity index (χ2n) is 3.79. The van der Waals surface area contributed by atoms with E-state index in [2.05, 4.69) is 6.58 Å². The molecule has 0 saturated carbocycles. The molecular formula is C12H21NO3. The first kappa shape index (κ1) is 14.9. The molecule has 0 aliphatic rings. The molecule has 0 bridgehead atoms. The van der Waals surface area contributed by atoms with Gasteiger partial charge in [-0.25, -0.2) is 0 Å². The molecule has 4 nitrogen and oxygen atoms in total. The van der Waals surface area contributed by atoms with Crippen molar-refractivity contribution < 1.29 is 14.9 Å². The first-order chi connectivity index (χ1) is 7.51. The maximum absolute atomic E-state index is 9.20. The summed E-state index contributed by atoms with van der Waals surface area (Å²) in [5, 5.41) is 18.0. The van der Waals surface area contributed by atoms with Crippen LogP contribution in [0.1, 0.15) is 13.8 Å². The van der Waals surface area contributed by atoms with Gasteiger partial charge in [-0.1, -0.05) is 26.5 Å². The maximum Gasteiger partial charge on any atom is 0.128 e. The molecule has 0 aliphatic carbocycles. The second-order valence-corrected chi connectivity index (χ2v) is 3.79. The average Bonchev–Trinajstić information content (AvgIpc) is 2.21. The van der Waals surface area contributed by atoms with Gasteiger partial charge in [-0.05, 0) is 23.6 Å². The predicted molar refractivity (Wildman–Crippen MR) is 64.4 cm³/mol. The summed E-state index contributed by atoms with van der Waals surface area (Å²) in [4.78, 5) is 0. The lowest BCUT2D eigenvalue weighted by Gasteiger charge is -2.11. The highest BCUT2D eigenvalue weighted by molar-refractivity contribution is 5.28. The molecule has 0 aromatic heterocycles. The van der Waals surface area contributed by atoms with Gasteiger partial charge >= 0.3 is 0 Å². The fourth-order valence-electron chi connectivity index (χ4n) is 0.942. The van der Waals surface area contributed by atoms with Gasteiger partial charge in [0, 0.05) is 0 Å². The molecule has 1 unspecified atom stereocenters. The molecule has 16 heavy (non-hydrogen) atoms. The second kappa shape index (κ2) is 8.10. The minimum atomic E-state index is -1.10. The third kappa shape index (κ3) is 6.40. The summed E-state index contributed by atoms with van der Waals surface area (Å²) in [5.41, 5.74) is 5.77. The molecule has 0 aromatic rings. The van der Waals surface area contributed by atoms with Crippen molar-refractivity contribution in [3.8, 4) is 0 Å². The van der Waals surface area contributed by atoms with Crippen LogP contribution in [0.15, 0.2) is 36.1 Å². The molecule has 4 N–H and O–H groups in total. The Labute approximate surface area is 96.7 Å². The number of allylic oxidation sites excluding steroid dienone is 1. The van der Waals surface area contributed by atoms with E-state index in [-0.39, 0.29) is 6.61 Å². The van der Waals surface area contributed by atoms with Gasteiger partial charge in [-0.15, -0.1) is 0 Å². The maximum atomic E-state index is 9.20. The van der Waals surface area contributed by atoms with E-state index < -0.39 is 6.23 Å². The van der Waals surface area contributed by atoms with Gasteiger partial charge in [0.2, 0.25) is 0 Å². The zero-order chi connectivity index (χ0) is 12.6. The normalized spacial score (nSPS) is 15.1.